The molecule has 2 saturated heterocycles. The molecule has 5 aliphatic rings. The van der Waals surface area contributed by atoms with Gasteiger partial charge in [0.2, 0.25) is 0 Å². The average molecular weight is 1160 g/mol. The molecule has 0 radical (unpaired) electrons. The number of likely N-dealkylation sites (tertiary alicyclic amines) is 2. The first kappa shape index (κ1) is 59.5. The summed E-state index contributed by atoms with van der Waals surface area (Å²) in [6.07, 6.45) is 25.9. The number of hydrogen-bond donors (Lipinski definition) is 4. The Morgan fingerprint density at radius 1 is 0.605 bits per heavy atom. The molecule has 14 nitrogen and oxygen atoms in total. The fourth-order valence-electron chi connectivity index (χ4n) is 14.5. The van der Waals surface area contributed by atoms with E-state index in [-0.39, 0.29) is 36.0 Å². The molecule has 6 aromatic rings. The van der Waals surface area contributed by atoms with E-state index in [1.807, 2.05) is 82.9 Å². The van der Waals surface area contributed by atoms with E-state index in [0.29, 0.717) is 34.8 Å². The number of allylic oxidation sites excluding steroid dienone is 8. The molecule has 10 atom stereocenters. The highest BCUT2D eigenvalue weighted by molar-refractivity contribution is 5.89. The average Bonchev–Trinajstić information content (AvgIpc) is 1.98. The number of aromatic nitrogens is 4. The number of carbonyl (C=O) groups excluding carboxylic acids is 4. The Kier molecular flexibility index (Phi) is 18.7. The largest absolute Gasteiger partial charge is 0.453 e. The van der Waals surface area contributed by atoms with Crippen LogP contribution in [0.25, 0.3) is 33.7 Å². The van der Waals surface area contributed by atoms with Gasteiger partial charge in [-0.3, -0.25) is 9.59 Å². The number of aromatic amines is 2. The Bertz CT molecular complexity index is 3470. The topological polar surface area (TPSA) is 175 Å². The van der Waals surface area contributed by atoms with Crippen molar-refractivity contribution in [3.63, 3.8) is 0 Å². The molecule has 3 aliphatic carbocycles. The van der Waals surface area contributed by atoms with Gasteiger partial charge >= 0.3 is 12.2 Å². The van der Waals surface area contributed by atoms with E-state index in [1.165, 1.54) is 47.6 Å². The quantitative estimate of drug-likeness (QED) is 0.0936. The number of nitrogens with one attached hydrogen (secondary N) is 4. The first-order valence-electron chi connectivity index (χ1n) is 31.4. The first-order valence-corrected chi connectivity index (χ1v) is 31.4. The number of hydrogen-bond acceptors (Lipinski definition) is 8. The second-order valence-electron chi connectivity index (χ2n) is 24.6. The Morgan fingerprint density at radius 2 is 1.08 bits per heavy atom. The van der Waals surface area contributed by atoms with Crippen LogP contribution in [0.2, 0.25) is 0 Å². The van der Waals surface area contributed by atoms with E-state index in [0.717, 1.165) is 124 Å². The van der Waals surface area contributed by atoms with E-state index >= 15 is 0 Å². The lowest BCUT2D eigenvalue weighted by atomic mass is 9.84. The van der Waals surface area contributed by atoms with Crippen LogP contribution < -0.4 is 10.6 Å². The molecule has 2 aromatic heterocycles. The molecule has 448 valence electrons. The van der Waals surface area contributed by atoms with Gasteiger partial charge in [-0.25, -0.2) is 19.6 Å². The molecule has 4 aromatic carbocycles. The van der Waals surface area contributed by atoms with Gasteiger partial charge in [0.05, 0.1) is 50.1 Å². The number of ether oxygens (including phenoxy) is 2. The van der Waals surface area contributed by atoms with Gasteiger partial charge in [0, 0.05) is 12.1 Å². The van der Waals surface area contributed by atoms with Crippen LogP contribution in [0.4, 0.5) is 9.59 Å². The lowest BCUT2D eigenvalue weighted by Gasteiger charge is -2.36. The number of imidazole rings is 2. The van der Waals surface area contributed by atoms with Crippen molar-refractivity contribution < 1.29 is 28.7 Å². The van der Waals surface area contributed by atoms with Gasteiger partial charge in [0.1, 0.15) is 23.7 Å². The number of methoxy groups -OCH3 is 2. The molecule has 2 aliphatic heterocycles. The zero-order chi connectivity index (χ0) is 59.8. The third kappa shape index (κ3) is 13.0. The maximum atomic E-state index is 14.8. The molecule has 4 fully saturated rings. The number of benzene rings is 4. The van der Waals surface area contributed by atoms with Crippen LogP contribution in [-0.4, -0.2) is 80.0 Å². The summed E-state index contributed by atoms with van der Waals surface area (Å²) in [6, 6.07) is 34.3. The predicted octanol–water partition coefficient (Wildman–Crippen LogP) is 15.5. The summed E-state index contributed by atoms with van der Waals surface area (Å²) >= 11 is 0. The van der Waals surface area contributed by atoms with Crippen LogP contribution in [-0.2, 0) is 19.1 Å². The van der Waals surface area contributed by atoms with Crippen LogP contribution in [0.15, 0.2) is 157 Å². The maximum absolute atomic E-state index is 14.8. The highest BCUT2D eigenvalue weighted by atomic mass is 16.5. The summed E-state index contributed by atoms with van der Waals surface area (Å²) in [7, 11) is 2.64. The Morgan fingerprint density at radius 3 is 1.57 bits per heavy atom. The van der Waals surface area contributed by atoms with Gasteiger partial charge in [-0.1, -0.05) is 179 Å². The molecule has 0 unspecified atom stereocenters. The van der Waals surface area contributed by atoms with Crippen LogP contribution in [0.5, 0.6) is 0 Å². The summed E-state index contributed by atoms with van der Waals surface area (Å²) in [6.45, 7) is 9.08. The van der Waals surface area contributed by atoms with Crippen molar-refractivity contribution in [2.45, 2.75) is 154 Å². The number of nitrogens with zero attached hydrogens (tertiary/aromatic N) is 4. The van der Waals surface area contributed by atoms with E-state index in [4.69, 9.17) is 19.4 Å². The van der Waals surface area contributed by atoms with Crippen molar-refractivity contribution in [1.82, 2.24) is 40.4 Å². The van der Waals surface area contributed by atoms with Crippen molar-refractivity contribution in [2.75, 3.05) is 14.2 Å². The minimum atomic E-state index is -0.885. The smallest absolute Gasteiger partial charge is 0.407 e. The molecule has 86 heavy (non-hydrogen) atoms. The fourth-order valence-corrected chi connectivity index (χ4v) is 14.5. The molecule has 4 amide bonds. The number of amides is 4. The summed E-state index contributed by atoms with van der Waals surface area (Å²) < 4.78 is 9.99. The lowest BCUT2D eigenvalue weighted by molar-refractivity contribution is -0.138. The normalized spacial score (nSPS) is 26.1. The summed E-state index contributed by atoms with van der Waals surface area (Å²) in [5.41, 5.74) is 12.9. The van der Waals surface area contributed by atoms with Gasteiger partial charge in [-0.2, -0.15) is 0 Å². The molecule has 4 heterocycles. The van der Waals surface area contributed by atoms with Gasteiger partial charge < -0.3 is 39.9 Å². The monoisotopic (exact) mass is 1160 g/mol. The lowest BCUT2D eigenvalue weighted by Crippen LogP contribution is -2.47. The molecular formula is C72H84N8O6. The first-order chi connectivity index (χ1) is 41.9. The minimum absolute atomic E-state index is 0.0685. The number of rotatable bonds is 12. The van der Waals surface area contributed by atoms with Gasteiger partial charge in [0.15, 0.2) is 0 Å². The Labute approximate surface area is 507 Å². The maximum Gasteiger partial charge on any atom is 0.407 e. The highest BCUT2D eigenvalue weighted by Gasteiger charge is 2.50. The third-order valence-corrected chi connectivity index (χ3v) is 19.4. The molecular weight excluding hydrogens is 1070 g/mol. The highest BCUT2D eigenvalue weighted by Crippen LogP contribution is 2.49. The standard InChI is InChI=1S/C72H84N8O6/c1-7-48-29-31-49(47(4)50-32-36-52(37-33-50)59-43-73-67(75-59)63-41-56-22-14-16-24-61(56)79(63)69(81)65(77-71(83)85-5)54-18-10-8-11-19-54)30-27-45(2)26-28-46(3)58(40-48)51-34-38-53(39-35-51)60-44-74-68(76-60)64-42-57-23-15-17-25-62(57)80(64)70(82)66(78-72(84)86-6)55-20-12-9-13-21-55/h7-13,18-21,27,30,32-40,43-46,56-57,61-66H,14-17,22-26,28-29,31,41-42H2,1-6H3,(H,73,75)(H,74,76)(H,77,83)(H,78,84)/b30-27-,48-7-,49-47-,58-40+/t45-,46-,56+,57+,61+,62+,63+,64+,65+,66+/m1/s1. The number of alkyl carbamates (subject to hydrolysis) is 2. The van der Waals surface area contributed by atoms with Crippen molar-refractivity contribution in [2.24, 2.45) is 23.7 Å². The summed E-state index contributed by atoms with van der Waals surface area (Å²) in [5.74, 6) is 2.69. The second kappa shape index (κ2) is 27.0. The third-order valence-electron chi connectivity index (χ3n) is 19.4. The van der Waals surface area contributed by atoms with E-state index in [1.54, 1.807) is 0 Å². The molecule has 2 saturated carbocycles. The Hall–Kier alpha value is -8.26. The zero-order valence-corrected chi connectivity index (χ0v) is 50.8. The van der Waals surface area contributed by atoms with Crippen LogP contribution in [0.3, 0.4) is 0 Å². The van der Waals surface area contributed by atoms with E-state index < -0.39 is 24.3 Å². The molecule has 11 rings (SSSR count). The molecule has 0 spiro atoms. The van der Waals surface area contributed by atoms with E-state index in [9.17, 15) is 19.2 Å². The number of carbonyl (C=O) groups is 4. The van der Waals surface area contributed by atoms with Crippen molar-refractivity contribution >= 4 is 35.1 Å². The molecule has 4 N–H and O–H groups in total. The number of H-pyrrole nitrogens is 2. The van der Waals surface area contributed by atoms with Crippen LogP contribution >= 0.6 is 0 Å². The van der Waals surface area contributed by atoms with Crippen molar-refractivity contribution in [3.05, 3.63) is 191 Å². The summed E-state index contributed by atoms with van der Waals surface area (Å²) in [5, 5.41) is 5.69. The van der Waals surface area contributed by atoms with Crippen molar-refractivity contribution in [1.29, 1.82) is 0 Å². The van der Waals surface area contributed by atoms with Crippen LogP contribution in [0.1, 0.15) is 176 Å². The van der Waals surface area contributed by atoms with Crippen molar-refractivity contribution in [3.8, 4) is 22.5 Å². The minimum Gasteiger partial charge on any atom is -0.453 e. The van der Waals surface area contributed by atoms with Gasteiger partial charge in [0.25, 0.3) is 11.8 Å². The van der Waals surface area contributed by atoms with Gasteiger partial charge in [-0.15, -0.1) is 0 Å². The molecule has 0 bridgehead atoms. The van der Waals surface area contributed by atoms with E-state index in [2.05, 4.69) is 121 Å². The number of fused-ring (bicyclic) bond motifs is 2. The van der Waals surface area contributed by atoms with Crippen LogP contribution in [0, 0.1) is 23.7 Å². The zero-order valence-electron chi connectivity index (χ0n) is 50.8. The SMILES string of the molecule is C/C=C1\C=C(\c2ccc(-c3cnc([C@@H]4C[C@@H]5CCCC[C@@H]5N4C(=O)[C@@H](NC(=O)OC)c4ccccc4)[nH]3)cc2)[C@H](C)CC[C@@H](C)/C=C\C(=C(/C)c2ccc(-c3cnc([C@@H]4C[C@@H]5CCCC[C@@H]5N4C(=O)[C@@H](NC(=O)OC)c4ccccc4)[nH]3)cc2)CC1. The molecule has 14 heteroatoms. The fraction of sp³-hybridized carbons (Fsp3) is 0.417. The Balaban J connectivity index is 0.792. The second-order valence-corrected chi connectivity index (χ2v) is 24.6. The predicted molar refractivity (Wildman–Crippen MR) is 338 cm³/mol. The van der Waals surface area contributed by atoms with Gasteiger partial charge in [-0.05, 0) is 152 Å². The summed E-state index contributed by atoms with van der Waals surface area (Å²) in [4.78, 5) is 76.1.